The molecule has 2 rings (SSSR count). The summed E-state index contributed by atoms with van der Waals surface area (Å²) in [5.41, 5.74) is -0.146. The van der Waals surface area contributed by atoms with Crippen LogP contribution in [0.3, 0.4) is 0 Å². The van der Waals surface area contributed by atoms with Crippen LogP contribution < -0.4 is 0 Å². The SMILES string of the molecule is FC(F)(F)c1cc([CH]C2CC2)ccc1Cl. The lowest BCUT2D eigenvalue weighted by Crippen LogP contribution is -2.06. The van der Waals surface area contributed by atoms with Crippen molar-refractivity contribution in [3.63, 3.8) is 0 Å². The van der Waals surface area contributed by atoms with Crippen LogP contribution in [0.2, 0.25) is 5.02 Å². The Hall–Kier alpha value is -0.700. The van der Waals surface area contributed by atoms with Gasteiger partial charge in [-0.3, -0.25) is 0 Å². The molecule has 1 aliphatic rings. The van der Waals surface area contributed by atoms with Crippen molar-refractivity contribution in [2.24, 2.45) is 5.92 Å². The number of benzene rings is 1. The molecule has 1 fully saturated rings. The van der Waals surface area contributed by atoms with Gasteiger partial charge in [-0.1, -0.05) is 17.7 Å². The van der Waals surface area contributed by atoms with Crippen molar-refractivity contribution < 1.29 is 13.2 Å². The molecule has 4 heteroatoms. The van der Waals surface area contributed by atoms with Gasteiger partial charge in [0.1, 0.15) is 0 Å². The summed E-state index contributed by atoms with van der Waals surface area (Å²) in [4.78, 5) is 0. The number of alkyl halides is 3. The molecule has 15 heavy (non-hydrogen) atoms. The van der Waals surface area contributed by atoms with E-state index in [0.717, 1.165) is 18.9 Å². The Morgan fingerprint density at radius 2 is 1.93 bits per heavy atom. The van der Waals surface area contributed by atoms with Crippen LogP contribution in [-0.2, 0) is 6.18 Å². The van der Waals surface area contributed by atoms with Crippen LogP contribution in [0, 0.1) is 12.3 Å². The molecule has 0 saturated heterocycles. The summed E-state index contributed by atoms with van der Waals surface area (Å²) in [6.07, 6.45) is -0.357. The van der Waals surface area contributed by atoms with Crippen molar-refractivity contribution in [2.75, 3.05) is 0 Å². The molecule has 0 amide bonds. The second kappa shape index (κ2) is 3.71. The van der Waals surface area contributed by atoms with Crippen LogP contribution in [0.1, 0.15) is 24.0 Å². The Balaban J connectivity index is 2.27. The highest BCUT2D eigenvalue weighted by Crippen LogP contribution is 2.38. The zero-order valence-electron chi connectivity index (χ0n) is 7.81. The van der Waals surface area contributed by atoms with E-state index < -0.39 is 11.7 Å². The Morgan fingerprint density at radius 1 is 1.27 bits per heavy atom. The molecule has 1 aromatic carbocycles. The van der Waals surface area contributed by atoms with Crippen LogP contribution in [0.4, 0.5) is 13.2 Å². The normalized spacial score (nSPS) is 16.8. The molecule has 0 nitrogen and oxygen atoms in total. The maximum absolute atomic E-state index is 12.5. The van der Waals surface area contributed by atoms with Gasteiger partial charge in [0, 0.05) is 0 Å². The number of hydrogen-bond donors (Lipinski definition) is 0. The van der Waals surface area contributed by atoms with Crippen molar-refractivity contribution in [3.05, 3.63) is 40.8 Å². The fourth-order valence-electron chi connectivity index (χ4n) is 1.40. The second-order valence-electron chi connectivity index (χ2n) is 3.74. The lowest BCUT2D eigenvalue weighted by Gasteiger charge is -2.10. The zero-order valence-corrected chi connectivity index (χ0v) is 8.57. The fourth-order valence-corrected chi connectivity index (χ4v) is 1.62. The van der Waals surface area contributed by atoms with Crippen molar-refractivity contribution >= 4 is 11.6 Å². The third-order valence-corrected chi connectivity index (χ3v) is 2.68. The molecule has 0 aromatic heterocycles. The molecule has 1 aliphatic carbocycles. The van der Waals surface area contributed by atoms with E-state index in [0.29, 0.717) is 11.5 Å². The summed E-state index contributed by atoms with van der Waals surface area (Å²) < 4.78 is 37.5. The Bertz CT molecular complexity index is 367. The van der Waals surface area contributed by atoms with Crippen LogP contribution >= 0.6 is 11.6 Å². The number of hydrogen-bond acceptors (Lipinski definition) is 0. The summed E-state index contributed by atoms with van der Waals surface area (Å²) >= 11 is 5.50. The molecule has 0 bridgehead atoms. The zero-order chi connectivity index (χ0) is 11.1. The maximum Gasteiger partial charge on any atom is 0.417 e. The Kier molecular flexibility index (Phi) is 2.67. The topological polar surface area (TPSA) is 0 Å². The summed E-state index contributed by atoms with van der Waals surface area (Å²) in [7, 11) is 0. The van der Waals surface area contributed by atoms with Crippen LogP contribution in [0.25, 0.3) is 0 Å². The standard InChI is InChI=1S/C11H9ClF3/c12-10-4-3-8(5-7-1-2-7)6-9(10)11(13,14)15/h3-7H,1-2H2. The molecule has 0 atom stereocenters. The van der Waals surface area contributed by atoms with Gasteiger partial charge >= 0.3 is 6.18 Å². The highest BCUT2D eigenvalue weighted by atomic mass is 35.5. The summed E-state index contributed by atoms with van der Waals surface area (Å²) in [6.45, 7) is 0. The largest absolute Gasteiger partial charge is 0.417 e. The van der Waals surface area contributed by atoms with Gasteiger partial charge in [-0.05, 0) is 42.9 Å². The van der Waals surface area contributed by atoms with Gasteiger partial charge in [0.2, 0.25) is 0 Å². The summed E-state index contributed by atoms with van der Waals surface area (Å²) in [6, 6.07) is 4.04. The minimum Gasteiger partial charge on any atom is -0.166 e. The fraction of sp³-hybridized carbons (Fsp3) is 0.364. The molecule has 1 aromatic rings. The van der Waals surface area contributed by atoms with Crippen molar-refractivity contribution in [1.29, 1.82) is 0 Å². The van der Waals surface area contributed by atoms with E-state index in [1.54, 1.807) is 6.07 Å². The van der Waals surface area contributed by atoms with E-state index in [1.807, 2.05) is 6.42 Å². The molecular weight excluding hydrogens is 225 g/mol. The molecule has 0 spiro atoms. The van der Waals surface area contributed by atoms with Gasteiger partial charge in [-0.15, -0.1) is 0 Å². The average molecular weight is 234 g/mol. The molecule has 0 aliphatic heterocycles. The number of halogens is 4. The molecule has 1 radical (unpaired) electrons. The first kappa shape index (κ1) is 10.8. The van der Waals surface area contributed by atoms with Crippen LogP contribution in [-0.4, -0.2) is 0 Å². The molecule has 0 unspecified atom stereocenters. The minimum atomic E-state index is -4.37. The predicted molar refractivity (Wildman–Crippen MR) is 52.6 cm³/mol. The Morgan fingerprint density at radius 3 is 2.47 bits per heavy atom. The minimum absolute atomic E-state index is 0.240. The lowest BCUT2D eigenvalue weighted by molar-refractivity contribution is -0.137. The van der Waals surface area contributed by atoms with Gasteiger partial charge in [0.15, 0.2) is 0 Å². The van der Waals surface area contributed by atoms with E-state index in [-0.39, 0.29) is 5.02 Å². The summed E-state index contributed by atoms with van der Waals surface area (Å²) in [5, 5.41) is -0.240. The molecule has 0 N–H and O–H groups in total. The van der Waals surface area contributed by atoms with Gasteiger partial charge in [0.25, 0.3) is 0 Å². The smallest absolute Gasteiger partial charge is 0.166 e. The van der Waals surface area contributed by atoms with E-state index in [2.05, 4.69) is 0 Å². The van der Waals surface area contributed by atoms with Crippen molar-refractivity contribution in [1.82, 2.24) is 0 Å². The Labute approximate surface area is 91.1 Å². The van der Waals surface area contributed by atoms with E-state index in [9.17, 15) is 13.2 Å². The third-order valence-electron chi connectivity index (χ3n) is 2.35. The van der Waals surface area contributed by atoms with Crippen molar-refractivity contribution in [2.45, 2.75) is 19.0 Å². The average Bonchev–Trinajstić information content (AvgIpc) is 2.90. The summed E-state index contributed by atoms with van der Waals surface area (Å²) in [5.74, 6) is 0.451. The highest BCUT2D eigenvalue weighted by molar-refractivity contribution is 6.31. The quantitative estimate of drug-likeness (QED) is 0.714. The monoisotopic (exact) mass is 233 g/mol. The molecule has 1 saturated carbocycles. The molecule has 81 valence electrons. The van der Waals surface area contributed by atoms with E-state index in [1.165, 1.54) is 6.07 Å². The van der Waals surface area contributed by atoms with Crippen LogP contribution in [0.5, 0.6) is 0 Å². The molecular formula is C11H9ClF3. The number of rotatable bonds is 2. The van der Waals surface area contributed by atoms with Crippen molar-refractivity contribution in [3.8, 4) is 0 Å². The van der Waals surface area contributed by atoms with Gasteiger partial charge < -0.3 is 0 Å². The first-order chi connectivity index (χ1) is 6.97. The third kappa shape index (κ3) is 2.65. The van der Waals surface area contributed by atoms with Gasteiger partial charge in [0.05, 0.1) is 10.6 Å². The van der Waals surface area contributed by atoms with Gasteiger partial charge in [-0.25, -0.2) is 0 Å². The predicted octanol–water partition coefficient (Wildman–Crippen LogP) is 4.32. The second-order valence-corrected chi connectivity index (χ2v) is 4.15. The van der Waals surface area contributed by atoms with E-state index >= 15 is 0 Å². The highest BCUT2D eigenvalue weighted by Gasteiger charge is 2.33. The van der Waals surface area contributed by atoms with Crippen LogP contribution in [0.15, 0.2) is 18.2 Å². The molecule has 0 heterocycles. The first-order valence-corrected chi connectivity index (χ1v) is 5.06. The lowest BCUT2D eigenvalue weighted by atomic mass is 10.1. The van der Waals surface area contributed by atoms with Gasteiger partial charge in [-0.2, -0.15) is 13.2 Å². The van der Waals surface area contributed by atoms with E-state index in [4.69, 9.17) is 11.6 Å². The first-order valence-electron chi connectivity index (χ1n) is 4.68. The maximum atomic E-state index is 12.5.